The van der Waals surface area contributed by atoms with Crippen molar-refractivity contribution in [1.82, 2.24) is 19.6 Å². The highest BCUT2D eigenvalue weighted by Gasteiger charge is 2.36. The zero-order valence-corrected chi connectivity index (χ0v) is 26.3. The second-order valence-corrected chi connectivity index (χ2v) is 12.1. The Bertz CT molecular complexity index is 1870. The molecule has 222 valence electrons. The van der Waals surface area contributed by atoms with Gasteiger partial charge >= 0.3 is 0 Å². The number of rotatable bonds is 9. The number of ether oxygens (including phenoxy) is 1. The van der Waals surface area contributed by atoms with Gasteiger partial charge in [-0.25, -0.2) is 4.98 Å². The van der Waals surface area contributed by atoms with Crippen molar-refractivity contribution in [3.8, 4) is 17.0 Å². The summed E-state index contributed by atoms with van der Waals surface area (Å²) in [5.74, 6) is -0.650. The minimum absolute atomic E-state index is 0.00256. The molecular formula is C34H28BrClN4O4. The molecule has 0 bridgehead atoms. The van der Waals surface area contributed by atoms with E-state index in [-0.39, 0.29) is 30.4 Å². The van der Waals surface area contributed by atoms with Gasteiger partial charge in [0.15, 0.2) is 5.65 Å². The molecule has 2 aromatic heterocycles. The molecule has 1 atom stereocenters. The van der Waals surface area contributed by atoms with Crippen LogP contribution in [0.5, 0.6) is 5.75 Å². The molecule has 44 heavy (non-hydrogen) atoms. The highest BCUT2D eigenvalue weighted by atomic mass is 79.9. The first kappa shape index (κ1) is 29.6. The maximum Gasteiger partial charge on any atom is 0.261 e. The van der Waals surface area contributed by atoms with Crippen molar-refractivity contribution in [2.75, 3.05) is 6.54 Å². The Labute approximate surface area is 267 Å². The van der Waals surface area contributed by atoms with Crippen LogP contribution < -0.4 is 10.1 Å². The minimum atomic E-state index is -0.577. The molecule has 3 heterocycles. The van der Waals surface area contributed by atoms with Gasteiger partial charge in [-0.1, -0.05) is 48.0 Å². The molecular weight excluding hydrogens is 644 g/mol. The molecule has 0 aliphatic carbocycles. The van der Waals surface area contributed by atoms with Gasteiger partial charge in [0.1, 0.15) is 5.75 Å². The smallest absolute Gasteiger partial charge is 0.261 e. The van der Waals surface area contributed by atoms with E-state index >= 15 is 0 Å². The molecule has 0 saturated carbocycles. The van der Waals surface area contributed by atoms with E-state index in [0.717, 1.165) is 26.9 Å². The van der Waals surface area contributed by atoms with Crippen LogP contribution >= 0.6 is 27.5 Å². The summed E-state index contributed by atoms with van der Waals surface area (Å²) in [5.41, 5.74) is 4.55. The van der Waals surface area contributed by atoms with Crippen LogP contribution in [0.4, 0.5) is 0 Å². The van der Waals surface area contributed by atoms with Crippen LogP contribution in [0, 0.1) is 0 Å². The number of carbonyl (C=O) groups excluding carboxylic acids is 3. The van der Waals surface area contributed by atoms with E-state index in [9.17, 15) is 14.4 Å². The van der Waals surface area contributed by atoms with Crippen molar-refractivity contribution in [2.24, 2.45) is 0 Å². The SMILES string of the molecule is CC(C)Oc1ccc(C(=O)NC(Cc2ccc(-c3cn4cccc(Br)c4n3)cc2)CN2C(=O)c3ccccc3C2=O)cc1Cl. The van der Waals surface area contributed by atoms with Gasteiger partial charge in [-0.15, -0.1) is 0 Å². The maximum absolute atomic E-state index is 13.4. The summed E-state index contributed by atoms with van der Waals surface area (Å²) >= 11 is 9.94. The highest BCUT2D eigenvalue weighted by Crippen LogP contribution is 2.28. The summed E-state index contributed by atoms with van der Waals surface area (Å²) in [5, 5.41) is 3.35. The molecule has 6 rings (SSSR count). The number of carbonyl (C=O) groups is 3. The van der Waals surface area contributed by atoms with E-state index in [1.165, 1.54) is 4.90 Å². The Morgan fingerprint density at radius 3 is 2.32 bits per heavy atom. The second kappa shape index (κ2) is 12.3. The van der Waals surface area contributed by atoms with Gasteiger partial charge < -0.3 is 14.5 Å². The van der Waals surface area contributed by atoms with Gasteiger partial charge in [0, 0.05) is 30.1 Å². The summed E-state index contributed by atoms with van der Waals surface area (Å²) in [7, 11) is 0. The Balaban J connectivity index is 1.24. The standard InChI is InChI=1S/C34H28BrClN4O4/c1-20(2)44-30-14-13-23(17-28(30)36)32(41)37-24(18-40-33(42)25-6-3-4-7-26(25)34(40)43)16-21-9-11-22(12-10-21)29-19-39-15-5-8-27(35)31(39)38-29/h3-15,17,19-20,24H,16,18H2,1-2H3,(H,37,41). The van der Waals surface area contributed by atoms with Crippen molar-refractivity contribution in [2.45, 2.75) is 32.4 Å². The number of fused-ring (bicyclic) bond motifs is 2. The molecule has 0 fully saturated rings. The summed E-state index contributed by atoms with van der Waals surface area (Å²) in [6, 6.07) is 22.8. The number of imidazole rings is 1. The van der Waals surface area contributed by atoms with Gasteiger partial charge in [-0.3, -0.25) is 19.3 Å². The Kier molecular flexibility index (Phi) is 8.25. The zero-order valence-electron chi connectivity index (χ0n) is 24.0. The zero-order chi connectivity index (χ0) is 31.0. The van der Waals surface area contributed by atoms with E-state index in [1.54, 1.807) is 42.5 Å². The Morgan fingerprint density at radius 2 is 1.68 bits per heavy atom. The lowest BCUT2D eigenvalue weighted by atomic mass is 10.0. The van der Waals surface area contributed by atoms with Crippen molar-refractivity contribution < 1.29 is 19.1 Å². The lowest BCUT2D eigenvalue weighted by molar-refractivity contribution is 0.0628. The Morgan fingerprint density at radius 1 is 0.977 bits per heavy atom. The summed E-state index contributed by atoms with van der Waals surface area (Å²) in [6.07, 6.45) is 4.20. The number of benzene rings is 3. The first-order valence-electron chi connectivity index (χ1n) is 14.1. The second-order valence-electron chi connectivity index (χ2n) is 10.9. The molecule has 10 heteroatoms. The molecule has 5 aromatic rings. The van der Waals surface area contributed by atoms with Gasteiger partial charge in [-0.05, 0) is 84.2 Å². The van der Waals surface area contributed by atoms with Crippen LogP contribution in [0.3, 0.4) is 0 Å². The first-order chi connectivity index (χ1) is 21.2. The van der Waals surface area contributed by atoms with Crippen LogP contribution in [-0.2, 0) is 6.42 Å². The molecule has 1 N–H and O–H groups in total. The number of hydrogen-bond acceptors (Lipinski definition) is 5. The lowest BCUT2D eigenvalue weighted by Crippen LogP contribution is -2.47. The lowest BCUT2D eigenvalue weighted by Gasteiger charge is -2.24. The normalized spacial score (nSPS) is 13.4. The predicted molar refractivity (Wildman–Crippen MR) is 172 cm³/mol. The van der Waals surface area contributed by atoms with Crippen LogP contribution in [0.25, 0.3) is 16.9 Å². The quantitative estimate of drug-likeness (QED) is 0.173. The third-order valence-electron chi connectivity index (χ3n) is 7.34. The summed E-state index contributed by atoms with van der Waals surface area (Å²) in [4.78, 5) is 45.7. The van der Waals surface area contributed by atoms with Crippen LogP contribution in [-0.4, -0.2) is 50.7 Å². The van der Waals surface area contributed by atoms with E-state index in [0.29, 0.717) is 33.9 Å². The number of pyridine rings is 1. The molecule has 1 aliphatic heterocycles. The molecule has 0 radical (unpaired) electrons. The fraction of sp³-hybridized carbons (Fsp3) is 0.176. The third-order valence-corrected chi connectivity index (χ3v) is 8.25. The van der Waals surface area contributed by atoms with E-state index < -0.39 is 6.04 Å². The average Bonchev–Trinajstić information content (AvgIpc) is 3.55. The van der Waals surface area contributed by atoms with Crippen LogP contribution in [0.2, 0.25) is 5.02 Å². The predicted octanol–water partition coefficient (Wildman–Crippen LogP) is 6.84. The van der Waals surface area contributed by atoms with Crippen LogP contribution in [0.15, 0.2) is 95.7 Å². The van der Waals surface area contributed by atoms with Crippen molar-refractivity contribution in [3.63, 3.8) is 0 Å². The van der Waals surface area contributed by atoms with Gasteiger partial charge in [0.05, 0.1) is 38.5 Å². The van der Waals surface area contributed by atoms with Crippen LogP contribution in [0.1, 0.15) is 50.5 Å². The van der Waals surface area contributed by atoms with E-state index in [1.807, 2.05) is 67.0 Å². The number of aromatic nitrogens is 2. The van der Waals surface area contributed by atoms with Crippen molar-refractivity contribution in [1.29, 1.82) is 0 Å². The summed E-state index contributed by atoms with van der Waals surface area (Å²) < 4.78 is 8.55. The fourth-order valence-corrected chi connectivity index (χ4v) is 5.93. The molecule has 8 nitrogen and oxygen atoms in total. The number of halogens is 2. The fourth-order valence-electron chi connectivity index (χ4n) is 5.26. The largest absolute Gasteiger partial charge is 0.489 e. The number of nitrogens with one attached hydrogen (secondary N) is 1. The monoisotopic (exact) mass is 670 g/mol. The number of amides is 3. The third kappa shape index (κ3) is 5.98. The molecule has 3 amide bonds. The molecule has 1 aliphatic rings. The molecule has 0 spiro atoms. The van der Waals surface area contributed by atoms with E-state index in [2.05, 4.69) is 21.2 Å². The molecule has 3 aromatic carbocycles. The van der Waals surface area contributed by atoms with Gasteiger partial charge in [-0.2, -0.15) is 0 Å². The summed E-state index contributed by atoms with van der Waals surface area (Å²) in [6.45, 7) is 3.79. The number of hydrogen-bond donors (Lipinski definition) is 1. The topological polar surface area (TPSA) is 93.0 Å². The maximum atomic E-state index is 13.4. The van der Waals surface area contributed by atoms with Gasteiger partial charge in [0.2, 0.25) is 0 Å². The minimum Gasteiger partial charge on any atom is -0.489 e. The van der Waals surface area contributed by atoms with E-state index in [4.69, 9.17) is 21.3 Å². The van der Waals surface area contributed by atoms with Crippen molar-refractivity contribution in [3.05, 3.63) is 123 Å². The molecule has 1 unspecified atom stereocenters. The number of imide groups is 1. The number of nitrogens with zero attached hydrogens (tertiary/aromatic N) is 3. The molecule has 0 saturated heterocycles. The Hall–Kier alpha value is -4.47. The average molecular weight is 672 g/mol. The van der Waals surface area contributed by atoms with Gasteiger partial charge in [0.25, 0.3) is 17.7 Å². The first-order valence-corrected chi connectivity index (χ1v) is 15.3. The van der Waals surface area contributed by atoms with Crippen molar-refractivity contribution >= 4 is 50.9 Å². The highest BCUT2D eigenvalue weighted by molar-refractivity contribution is 9.10.